The molecule has 2 fully saturated rings. The van der Waals surface area contributed by atoms with E-state index in [2.05, 4.69) is 4.90 Å². The number of hydrogen-bond acceptors (Lipinski definition) is 4. The molecule has 1 spiro atoms. The minimum atomic E-state index is 0.148. The van der Waals surface area contributed by atoms with Crippen LogP contribution in [-0.2, 0) is 16.1 Å². The first-order chi connectivity index (χ1) is 11.2. The Labute approximate surface area is 138 Å². The molecule has 126 valence electrons. The van der Waals surface area contributed by atoms with Crippen molar-refractivity contribution in [3.05, 3.63) is 35.4 Å². The molecule has 0 aliphatic carbocycles. The first kappa shape index (κ1) is 16.4. The van der Waals surface area contributed by atoms with E-state index in [9.17, 15) is 4.79 Å². The first-order valence-electron chi connectivity index (χ1n) is 8.24. The van der Waals surface area contributed by atoms with Crippen LogP contribution in [0.5, 0.6) is 0 Å². The summed E-state index contributed by atoms with van der Waals surface area (Å²) in [6.45, 7) is 6.34. The smallest absolute Gasteiger partial charge is 0.253 e. The van der Waals surface area contributed by atoms with Crippen molar-refractivity contribution in [2.45, 2.75) is 13.0 Å². The molecule has 0 atom stereocenters. The molecule has 2 heterocycles. The van der Waals surface area contributed by atoms with Gasteiger partial charge in [0.2, 0.25) is 0 Å². The molecule has 0 aromatic heterocycles. The number of carbonyl (C=O) groups is 1. The minimum Gasteiger partial charge on any atom is -0.383 e. The van der Waals surface area contributed by atoms with E-state index in [0.29, 0.717) is 12.0 Å². The van der Waals surface area contributed by atoms with E-state index in [0.717, 1.165) is 50.5 Å². The Bertz CT molecular complexity index is 538. The lowest BCUT2D eigenvalue weighted by atomic mass is 9.78. The van der Waals surface area contributed by atoms with E-state index >= 15 is 0 Å². The van der Waals surface area contributed by atoms with Gasteiger partial charge < -0.3 is 19.3 Å². The van der Waals surface area contributed by atoms with E-state index < -0.39 is 0 Å². The zero-order valence-electron chi connectivity index (χ0n) is 14.1. The van der Waals surface area contributed by atoms with Gasteiger partial charge in [0.05, 0.1) is 13.2 Å². The quantitative estimate of drug-likeness (QED) is 0.799. The van der Waals surface area contributed by atoms with Crippen LogP contribution in [0.15, 0.2) is 24.3 Å². The summed E-state index contributed by atoms with van der Waals surface area (Å²) >= 11 is 0. The van der Waals surface area contributed by atoms with Crippen LogP contribution in [0.4, 0.5) is 0 Å². The number of methoxy groups -OCH3 is 2. The number of nitrogens with zero attached hydrogens (tertiary/aromatic N) is 2. The monoisotopic (exact) mass is 318 g/mol. The molecule has 0 unspecified atom stereocenters. The van der Waals surface area contributed by atoms with Gasteiger partial charge in [0.25, 0.3) is 5.91 Å². The van der Waals surface area contributed by atoms with Gasteiger partial charge in [-0.3, -0.25) is 4.79 Å². The predicted molar refractivity (Wildman–Crippen MR) is 88.4 cm³/mol. The molecule has 0 saturated carbocycles. The second kappa shape index (κ2) is 6.99. The average Bonchev–Trinajstić information content (AvgIpc) is 2.96. The zero-order valence-corrected chi connectivity index (χ0v) is 14.1. The summed E-state index contributed by atoms with van der Waals surface area (Å²) in [5.41, 5.74) is 2.18. The highest BCUT2D eigenvalue weighted by Crippen LogP contribution is 2.40. The lowest BCUT2D eigenvalue weighted by molar-refractivity contribution is 0.00970. The maximum Gasteiger partial charge on any atom is 0.253 e. The number of likely N-dealkylation sites (tertiary alicyclic amines) is 2. The summed E-state index contributed by atoms with van der Waals surface area (Å²) in [6.07, 6.45) is 1.19. The van der Waals surface area contributed by atoms with Crippen LogP contribution >= 0.6 is 0 Å². The Morgan fingerprint density at radius 1 is 1.13 bits per heavy atom. The van der Waals surface area contributed by atoms with Crippen molar-refractivity contribution in [2.75, 3.05) is 53.6 Å². The van der Waals surface area contributed by atoms with Gasteiger partial charge in [-0.05, 0) is 30.7 Å². The second-order valence-electron chi connectivity index (χ2n) is 6.81. The normalized spacial score (nSPS) is 20.0. The SMILES string of the molecule is COCCN1CCC2(C1)CN(C(=O)c1ccc(COC)cc1)C2. The van der Waals surface area contributed by atoms with Gasteiger partial charge in [0, 0.05) is 51.4 Å². The third-order valence-electron chi connectivity index (χ3n) is 4.98. The summed E-state index contributed by atoms with van der Waals surface area (Å²) in [4.78, 5) is 17.0. The molecule has 2 saturated heterocycles. The van der Waals surface area contributed by atoms with Crippen LogP contribution in [-0.4, -0.2) is 69.3 Å². The fourth-order valence-corrected chi connectivity index (χ4v) is 3.70. The summed E-state index contributed by atoms with van der Waals surface area (Å²) in [5, 5.41) is 0. The standard InChI is InChI=1S/C18H26N2O3/c1-22-10-9-19-8-7-18(12-19)13-20(14-18)17(21)16-5-3-15(4-6-16)11-23-2/h3-6H,7-14H2,1-2H3. The maximum absolute atomic E-state index is 12.6. The van der Waals surface area contributed by atoms with Crippen molar-refractivity contribution in [3.63, 3.8) is 0 Å². The summed E-state index contributed by atoms with van der Waals surface area (Å²) in [7, 11) is 3.42. The summed E-state index contributed by atoms with van der Waals surface area (Å²) < 4.78 is 10.3. The number of amides is 1. The molecule has 1 amide bonds. The predicted octanol–water partition coefficient (Wildman–Crippen LogP) is 1.63. The third-order valence-corrected chi connectivity index (χ3v) is 4.98. The van der Waals surface area contributed by atoms with Crippen LogP contribution in [0.3, 0.4) is 0 Å². The van der Waals surface area contributed by atoms with Crippen LogP contribution in [0, 0.1) is 5.41 Å². The molecule has 3 rings (SSSR count). The van der Waals surface area contributed by atoms with Gasteiger partial charge in [-0.1, -0.05) is 12.1 Å². The Balaban J connectivity index is 1.52. The number of hydrogen-bond donors (Lipinski definition) is 0. The number of rotatable bonds is 6. The average molecular weight is 318 g/mol. The molecule has 2 aliphatic rings. The molecular weight excluding hydrogens is 292 g/mol. The molecule has 0 bridgehead atoms. The van der Waals surface area contributed by atoms with Gasteiger partial charge in [-0.2, -0.15) is 0 Å². The molecule has 1 aromatic carbocycles. The topological polar surface area (TPSA) is 42.0 Å². The second-order valence-corrected chi connectivity index (χ2v) is 6.81. The number of ether oxygens (including phenoxy) is 2. The van der Waals surface area contributed by atoms with E-state index in [1.807, 2.05) is 29.2 Å². The number of carbonyl (C=O) groups excluding carboxylic acids is 1. The van der Waals surface area contributed by atoms with Crippen molar-refractivity contribution in [3.8, 4) is 0 Å². The molecular formula is C18H26N2O3. The molecule has 1 aromatic rings. The lowest BCUT2D eigenvalue weighted by Crippen LogP contribution is -2.59. The highest BCUT2D eigenvalue weighted by molar-refractivity contribution is 5.94. The van der Waals surface area contributed by atoms with E-state index in [1.54, 1.807) is 14.2 Å². The van der Waals surface area contributed by atoms with Crippen molar-refractivity contribution in [2.24, 2.45) is 5.41 Å². The van der Waals surface area contributed by atoms with Crippen LogP contribution in [0.2, 0.25) is 0 Å². The fourth-order valence-electron chi connectivity index (χ4n) is 3.70. The fraction of sp³-hybridized carbons (Fsp3) is 0.611. The Morgan fingerprint density at radius 2 is 1.87 bits per heavy atom. The van der Waals surface area contributed by atoms with Gasteiger partial charge in [0.1, 0.15) is 0 Å². The molecule has 0 N–H and O–H groups in total. The Morgan fingerprint density at radius 3 is 2.52 bits per heavy atom. The highest BCUT2D eigenvalue weighted by atomic mass is 16.5. The molecule has 5 heteroatoms. The number of benzene rings is 1. The minimum absolute atomic E-state index is 0.148. The van der Waals surface area contributed by atoms with Gasteiger partial charge >= 0.3 is 0 Å². The van der Waals surface area contributed by atoms with E-state index in [4.69, 9.17) is 9.47 Å². The summed E-state index contributed by atoms with van der Waals surface area (Å²) in [6, 6.07) is 7.74. The Hall–Kier alpha value is -1.43. The lowest BCUT2D eigenvalue weighted by Gasteiger charge is -2.48. The molecule has 2 aliphatic heterocycles. The van der Waals surface area contributed by atoms with E-state index in [-0.39, 0.29) is 5.91 Å². The molecule has 0 radical (unpaired) electrons. The molecule has 23 heavy (non-hydrogen) atoms. The summed E-state index contributed by atoms with van der Waals surface area (Å²) in [5.74, 6) is 0.148. The van der Waals surface area contributed by atoms with Gasteiger partial charge in [0.15, 0.2) is 0 Å². The van der Waals surface area contributed by atoms with Crippen molar-refractivity contribution < 1.29 is 14.3 Å². The van der Waals surface area contributed by atoms with Crippen LogP contribution < -0.4 is 0 Å². The largest absolute Gasteiger partial charge is 0.383 e. The van der Waals surface area contributed by atoms with E-state index in [1.165, 1.54) is 6.42 Å². The molecule has 5 nitrogen and oxygen atoms in total. The van der Waals surface area contributed by atoms with Crippen molar-refractivity contribution in [1.82, 2.24) is 9.80 Å². The maximum atomic E-state index is 12.6. The van der Waals surface area contributed by atoms with Gasteiger partial charge in [-0.15, -0.1) is 0 Å². The third kappa shape index (κ3) is 3.57. The van der Waals surface area contributed by atoms with Gasteiger partial charge in [-0.25, -0.2) is 0 Å². The van der Waals surface area contributed by atoms with Crippen molar-refractivity contribution in [1.29, 1.82) is 0 Å². The Kier molecular flexibility index (Phi) is 4.99. The zero-order chi connectivity index (χ0) is 16.3. The van der Waals surface area contributed by atoms with Crippen LogP contribution in [0.25, 0.3) is 0 Å². The first-order valence-corrected chi connectivity index (χ1v) is 8.24. The van der Waals surface area contributed by atoms with Crippen molar-refractivity contribution >= 4 is 5.91 Å². The highest BCUT2D eigenvalue weighted by Gasteiger charge is 2.49. The van der Waals surface area contributed by atoms with Crippen LogP contribution in [0.1, 0.15) is 22.3 Å².